The second-order valence-corrected chi connectivity index (χ2v) is 6.36. The molecule has 2 aromatic rings. The molecule has 1 saturated carbocycles. The summed E-state index contributed by atoms with van der Waals surface area (Å²) in [5.74, 6) is 1.56. The molecular formula is C21H25NO2. The van der Waals surface area contributed by atoms with Crippen molar-refractivity contribution in [3.05, 3.63) is 65.2 Å². The van der Waals surface area contributed by atoms with Gasteiger partial charge in [-0.2, -0.15) is 0 Å². The first-order valence-electron chi connectivity index (χ1n) is 8.73. The van der Waals surface area contributed by atoms with E-state index in [1.54, 1.807) is 13.3 Å². The minimum absolute atomic E-state index is 0.461. The highest BCUT2D eigenvalue weighted by atomic mass is 16.6. The molecule has 3 heteroatoms. The fourth-order valence-corrected chi connectivity index (χ4v) is 3.26. The first-order valence-corrected chi connectivity index (χ1v) is 8.73. The molecule has 126 valence electrons. The maximum Gasteiger partial charge on any atom is 0.142 e. The lowest BCUT2D eigenvalue weighted by Crippen LogP contribution is -2.04. The second-order valence-electron chi connectivity index (χ2n) is 6.36. The summed E-state index contributed by atoms with van der Waals surface area (Å²) >= 11 is 0. The summed E-state index contributed by atoms with van der Waals surface area (Å²) in [6.07, 6.45) is 8.53. The van der Waals surface area contributed by atoms with Crippen molar-refractivity contribution in [3.8, 4) is 5.75 Å². The maximum absolute atomic E-state index is 5.41. The Morgan fingerprint density at radius 3 is 2.58 bits per heavy atom. The van der Waals surface area contributed by atoms with Gasteiger partial charge in [0, 0.05) is 0 Å². The average molecular weight is 323 g/mol. The molecule has 3 nitrogen and oxygen atoms in total. The molecule has 0 amide bonds. The molecule has 0 saturated heterocycles. The van der Waals surface area contributed by atoms with Crippen LogP contribution in [0.25, 0.3) is 0 Å². The highest BCUT2D eigenvalue weighted by Crippen LogP contribution is 2.32. The largest absolute Gasteiger partial charge is 0.497 e. The molecule has 1 aliphatic rings. The van der Waals surface area contributed by atoms with Gasteiger partial charge in [0.25, 0.3) is 0 Å². The summed E-state index contributed by atoms with van der Waals surface area (Å²) in [4.78, 5) is 5.41. The number of rotatable bonds is 6. The standard InChI is InChI=1S/C21H25NO2/c1-23-21-12-10-17(11-13-21)16-24-22-15-18-6-5-9-20(14-18)19-7-3-2-4-8-19/h5-6,9-15,19H,2-4,7-8,16H2,1H3. The van der Waals surface area contributed by atoms with E-state index in [0.717, 1.165) is 16.9 Å². The van der Waals surface area contributed by atoms with E-state index in [4.69, 9.17) is 9.57 Å². The van der Waals surface area contributed by atoms with Crippen molar-refractivity contribution < 1.29 is 9.57 Å². The van der Waals surface area contributed by atoms with E-state index < -0.39 is 0 Å². The van der Waals surface area contributed by atoms with E-state index in [-0.39, 0.29) is 0 Å². The minimum Gasteiger partial charge on any atom is -0.497 e. The summed E-state index contributed by atoms with van der Waals surface area (Å²) in [5, 5.41) is 4.11. The summed E-state index contributed by atoms with van der Waals surface area (Å²) in [6.45, 7) is 0.461. The van der Waals surface area contributed by atoms with E-state index in [2.05, 4.69) is 29.4 Å². The van der Waals surface area contributed by atoms with Crippen LogP contribution in [0.15, 0.2) is 53.7 Å². The number of nitrogens with zero attached hydrogens (tertiary/aromatic N) is 1. The number of ether oxygens (including phenoxy) is 1. The third kappa shape index (κ3) is 4.60. The zero-order valence-electron chi connectivity index (χ0n) is 14.3. The van der Waals surface area contributed by atoms with Crippen LogP contribution in [-0.2, 0) is 11.4 Å². The van der Waals surface area contributed by atoms with Crippen LogP contribution >= 0.6 is 0 Å². The Morgan fingerprint density at radius 2 is 1.83 bits per heavy atom. The van der Waals surface area contributed by atoms with Gasteiger partial charge >= 0.3 is 0 Å². The normalized spacial score (nSPS) is 15.5. The molecule has 2 aromatic carbocycles. The molecule has 1 fully saturated rings. The van der Waals surface area contributed by atoms with E-state index in [1.165, 1.54) is 37.7 Å². The SMILES string of the molecule is COc1ccc(CON=Cc2cccc(C3CCCCC3)c2)cc1. The van der Waals surface area contributed by atoms with Gasteiger partial charge in [0.1, 0.15) is 12.4 Å². The van der Waals surface area contributed by atoms with Crippen molar-refractivity contribution >= 4 is 6.21 Å². The fourth-order valence-electron chi connectivity index (χ4n) is 3.26. The number of hydrogen-bond donors (Lipinski definition) is 0. The minimum atomic E-state index is 0.461. The molecule has 1 aliphatic carbocycles. The van der Waals surface area contributed by atoms with Gasteiger partial charge in [0.15, 0.2) is 0 Å². The van der Waals surface area contributed by atoms with E-state index in [1.807, 2.05) is 24.3 Å². The van der Waals surface area contributed by atoms with Gasteiger partial charge in [-0.25, -0.2) is 0 Å². The highest BCUT2D eigenvalue weighted by Gasteiger charge is 2.15. The van der Waals surface area contributed by atoms with Crippen LogP contribution in [0, 0.1) is 0 Å². The Bertz CT molecular complexity index is 658. The average Bonchev–Trinajstić information content (AvgIpc) is 2.67. The van der Waals surface area contributed by atoms with Gasteiger partial charge in [0.2, 0.25) is 0 Å². The predicted molar refractivity (Wildman–Crippen MR) is 97.6 cm³/mol. The van der Waals surface area contributed by atoms with Gasteiger partial charge in [-0.1, -0.05) is 54.8 Å². The highest BCUT2D eigenvalue weighted by molar-refractivity contribution is 5.79. The summed E-state index contributed by atoms with van der Waals surface area (Å²) < 4.78 is 5.14. The van der Waals surface area contributed by atoms with Gasteiger partial charge in [-0.05, 0) is 53.6 Å². The monoisotopic (exact) mass is 323 g/mol. The zero-order valence-corrected chi connectivity index (χ0v) is 14.3. The number of benzene rings is 2. The lowest BCUT2D eigenvalue weighted by Gasteiger charge is -2.22. The number of oxime groups is 1. The first kappa shape index (κ1) is 16.6. The van der Waals surface area contributed by atoms with Crippen LogP contribution < -0.4 is 4.74 Å². The van der Waals surface area contributed by atoms with Crippen LogP contribution in [0.4, 0.5) is 0 Å². The first-order chi connectivity index (χ1) is 11.8. The second kappa shape index (κ2) is 8.53. The van der Waals surface area contributed by atoms with E-state index in [0.29, 0.717) is 12.5 Å². The smallest absolute Gasteiger partial charge is 0.142 e. The molecule has 0 atom stereocenters. The maximum atomic E-state index is 5.41. The lowest BCUT2D eigenvalue weighted by molar-refractivity contribution is 0.132. The summed E-state index contributed by atoms with van der Waals surface area (Å²) in [6, 6.07) is 16.5. The van der Waals surface area contributed by atoms with Crippen molar-refractivity contribution in [1.82, 2.24) is 0 Å². The third-order valence-corrected chi connectivity index (χ3v) is 4.65. The molecule has 0 bridgehead atoms. The molecule has 24 heavy (non-hydrogen) atoms. The Hall–Kier alpha value is -2.29. The van der Waals surface area contributed by atoms with Crippen LogP contribution in [0.3, 0.4) is 0 Å². The quantitative estimate of drug-likeness (QED) is 0.534. The summed E-state index contributed by atoms with van der Waals surface area (Å²) in [5.41, 5.74) is 3.62. The van der Waals surface area contributed by atoms with Gasteiger partial charge < -0.3 is 9.57 Å². The Balaban J connectivity index is 1.54. The van der Waals surface area contributed by atoms with Gasteiger partial charge in [-0.3, -0.25) is 0 Å². The Morgan fingerprint density at radius 1 is 1.04 bits per heavy atom. The molecule has 0 unspecified atom stereocenters. The molecule has 0 aliphatic heterocycles. The molecule has 0 spiro atoms. The van der Waals surface area contributed by atoms with E-state index in [9.17, 15) is 0 Å². The molecule has 0 N–H and O–H groups in total. The van der Waals surface area contributed by atoms with Crippen molar-refractivity contribution in [3.63, 3.8) is 0 Å². The van der Waals surface area contributed by atoms with Crippen LogP contribution in [-0.4, -0.2) is 13.3 Å². The molecule has 0 aromatic heterocycles. The van der Waals surface area contributed by atoms with Crippen molar-refractivity contribution in [1.29, 1.82) is 0 Å². The van der Waals surface area contributed by atoms with Crippen LogP contribution in [0.2, 0.25) is 0 Å². The Kier molecular flexibility index (Phi) is 5.89. The third-order valence-electron chi connectivity index (χ3n) is 4.65. The topological polar surface area (TPSA) is 30.8 Å². The van der Waals surface area contributed by atoms with Crippen molar-refractivity contribution in [2.75, 3.05) is 7.11 Å². The predicted octanol–water partition coefficient (Wildman–Crippen LogP) is 5.29. The Labute approximate surface area is 144 Å². The van der Waals surface area contributed by atoms with Crippen LogP contribution in [0.1, 0.15) is 54.7 Å². The number of hydrogen-bond acceptors (Lipinski definition) is 3. The summed E-state index contributed by atoms with van der Waals surface area (Å²) in [7, 11) is 1.66. The van der Waals surface area contributed by atoms with E-state index >= 15 is 0 Å². The van der Waals surface area contributed by atoms with Gasteiger partial charge in [0.05, 0.1) is 13.3 Å². The fraction of sp³-hybridized carbons (Fsp3) is 0.381. The zero-order chi connectivity index (χ0) is 16.6. The molecule has 3 rings (SSSR count). The molecule has 0 heterocycles. The molecular weight excluding hydrogens is 298 g/mol. The molecule has 0 radical (unpaired) electrons. The van der Waals surface area contributed by atoms with Crippen molar-refractivity contribution in [2.45, 2.75) is 44.6 Å². The van der Waals surface area contributed by atoms with Crippen LogP contribution in [0.5, 0.6) is 5.75 Å². The lowest BCUT2D eigenvalue weighted by atomic mass is 9.84. The van der Waals surface area contributed by atoms with Gasteiger partial charge in [-0.15, -0.1) is 0 Å². The van der Waals surface area contributed by atoms with Crippen molar-refractivity contribution in [2.24, 2.45) is 5.16 Å². The number of methoxy groups -OCH3 is 1.